The first-order valence-corrected chi connectivity index (χ1v) is 4.74. The Morgan fingerprint density at radius 3 is 1.76 bits per heavy atom. The van der Waals surface area contributed by atoms with Gasteiger partial charge >= 0.3 is 6.18 Å². The van der Waals surface area contributed by atoms with Gasteiger partial charge in [0.15, 0.2) is 24.0 Å². The molecule has 0 N–H and O–H groups in total. The first-order chi connectivity index (χ1) is 7.59. The third-order valence-corrected chi connectivity index (χ3v) is 2.44. The maximum absolute atomic E-state index is 13.3. The fourth-order valence-electron chi connectivity index (χ4n) is 1.64. The second-order valence-electron chi connectivity index (χ2n) is 3.95. The topological polar surface area (TPSA) is 0 Å². The van der Waals surface area contributed by atoms with Gasteiger partial charge in [-0.15, -0.1) is 0 Å². The molecule has 0 aliphatic heterocycles. The van der Waals surface area contributed by atoms with Crippen molar-refractivity contribution in [3.05, 3.63) is 22.8 Å². The van der Waals surface area contributed by atoms with E-state index in [0.717, 1.165) is 0 Å². The third-order valence-electron chi connectivity index (χ3n) is 2.44. The summed E-state index contributed by atoms with van der Waals surface area (Å²) in [6, 6.07) is 0. The standard InChI is InChI=1S/C10H9F7/c1-3(2)4-6(11)8(13)5(10(15,16)17)9(14)7(4)12/h3,6,8H,1-2H3. The Labute approximate surface area is 92.8 Å². The zero-order valence-electron chi connectivity index (χ0n) is 8.88. The summed E-state index contributed by atoms with van der Waals surface area (Å²) in [5, 5.41) is 0. The molecule has 0 bridgehead atoms. The van der Waals surface area contributed by atoms with E-state index in [1.807, 2.05) is 0 Å². The largest absolute Gasteiger partial charge is 0.418 e. The SMILES string of the molecule is CC(C)C1=C(F)C(F)=C(C(F)(F)F)C(F)C1F. The van der Waals surface area contributed by atoms with Crippen molar-refractivity contribution < 1.29 is 30.7 Å². The molecular weight excluding hydrogens is 253 g/mol. The van der Waals surface area contributed by atoms with E-state index in [1.165, 1.54) is 13.8 Å². The Bertz CT molecular complexity index is 375. The van der Waals surface area contributed by atoms with Crippen LogP contribution >= 0.6 is 0 Å². The van der Waals surface area contributed by atoms with Gasteiger partial charge in [-0.05, 0) is 5.92 Å². The quantitative estimate of drug-likeness (QED) is 0.616. The minimum absolute atomic E-state index is 0.914. The van der Waals surface area contributed by atoms with Crippen molar-refractivity contribution in [2.45, 2.75) is 32.4 Å². The Morgan fingerprint density at radius 1 is 0.941 bits per heavy atom. The van der Waals surface area contributed by atoms with Gasteiger partial charge in [0.25, 0.3) is 0 Å². The lowest BCUT2D eigenvalue weighted by Crippen LogP contribution is -2.35. The Balaban J connectivity index is 3.43. The smallest absolute Gasteiger partial charge is 0.239 e. The first kappa shape index (κ1) is 14.1. The van der Waals surface area contributed by atoms with Crippen LogP contribution < -0.4 is 0 Å². The van der Waals surface area contributed by atoms with Gasteiger partial charge in [-0.1, -0.05) is 13.8 Å². The number of allylic oxidation sites excluding steroid dienone is 4. The molecule has 0 spiro atoms. The van der Waals surface area contributed by atoms with Crippen LogP contribution in [0.4, 0.5) is 30.7 Å². The van der Waals surface area contributed by atoms with Crippen molar-refractivity contribution >= 4 is 0 Å². The molecule has 0 fully saturated rings. The molecule has 98 valence electrons. The van der Waals surface area contributed by atoms with Crippen molar-refractivity contribution in [2.24, 2.45) is 5.92 Å². The van der Waals surface area contributed by atoms with Crippen LogP contribution in [0.5, 0.6) is 0 Å². The lowest BCUT2D eigenvalue weighted by atomic mass is 9.86. The molecule has 0 radical (unpaired) electrons. The zero-order valence-corrected chi connectivity index (χ0v) is 8.88. The van der Waals surface area contributed by atoms with Gasteiger partial charge < -0.3 is 0 Å². The van der Waals surface area contributed by atoms with Gasteiger partial charge in [-0.25, -0.2) is 17.6 Å². The van der Waals surface area contributed by atoms with Crippen LogP contribution in [0, 0.1) is 5.92 Å². The highest BCUT2D eigenvalue weighted by molar-refractivity contribution is 5.42. The van der Waals surface area contributed by atoms with Gasteiger partial charge in [-0.3, -0.25) is 0 Å². The van der Waals surface area contributed by atoms with E-state index in [2.05, 4.69) is 0 Å². The second-order valence-corrected chi connectivity index (χ2v) is 3.95. The second kappa shape index (κ2) is 4.34. The van der Waals surface area contributed by atoms with Gasteiger partial charge in [-0.2, -0.15) is 13.2 Å². The summed E-state index contributed by atoms with van der Waals surface area (Å²) in [5.41, 5.74) is -3.34. The van der Waals surface area contributed by atoms with Crippen molar-refractivity contribution in [3.8, 4) is 0 Å². The molecule has 1 aliphatic carbocycles. The fraction of sp³-hybridized carbons (Fsp3) is 0.600. The van der Waals surface area contributed by atoms with E-state index in [9.17, 15) is 30.7 Å². The minimum atomic E-state index is -5.44. The van der Waals surface area contributed by atoms with Crippen molar-refractivity contribution in [1.82, 2.24) is 0 Å². The van der Waals surface area contributed by atoms with E-state index < -0.39 is 47.2 Å². The van der Waals surface area contributed by atoms with Crippen molar-refractivity contribution in [3.63, 3.8) is 0 Å². The summed E-state index contributed by atoms with van der Waals surface area (Å²) in [6.45, 7) is 2.47. The molecule has 2 atom stereocenters. The number of halogens is 7. The van der Waals surface area contributed by atoms with Crippen LogP contribution in [0.2, 0.25) is 0 Å². The van der Waals surface area contributed by atoms with Crippen molar-refractivity contribution in [2.75, 3.05) is 0 Å². The van der Waals surface area contributed by atoms with Crippen LogP contribution in [0.15, 0.2) is 22.8 Å². The number of alkyl halides is 5. The normalized spacial score (nSPS) is 27.2. The highest BCUT2D eigenvalue weighted by atomic mass is 19.4. The number of rotatable bonds is 1. The van der Waals surface area contributed by atoms with Crippen LogP contribution in [0.1, 0.15) is 13.8 Å². The Hall–Kier alpha value is -1.01. The predicted octanol–water partition coefficient (Wildman–Crippen LogP) is 4.34. The molecule has 0 saturated heterocycles. The highest BCUT2D eigenvalue weighted by Gasteiger charge is 2.51. The molecule has 0 amide bonds. The summed E-state index contributed by atoms with van der Waals surface area (Å²) >= 11 is 0. The van der Waals surface area contributed by atoms with Crippen LogP contribution in [-0.2, 0) is 0 Å². The highest BCUT2D eigenvalue weighted by Crippen LogP contribution is 2.45. The molecular formula is C10H9F7. The molecule has 17 heavy (non-hydrogen) atoms. The molecule has 0 nitrogen and oxygen atoms in total. The van der Waals surface area contributed by atoms with Crippen LogP contribution in [0.3, 0.4) is 0 Å². The predicted molar refractivity (Wildman–Crippen MR) is 47.0 cm³/mol. The van der Waals surface area contributed by atoms with E-state index in [4.69, 9.17) is 0 Å². The average molecular weight is 262 g/mol. The fourth-order valence-corrected chi connectivity index (χ4v) is 1.64. The lowest BCUT2D eigenvalue weighted by Gasteiger charge is -2.28. The summed E-state index contributed by atoms with van der Waals surface area (Å²) < 4.78 is 89.5. The van der Waals surface area contributed by atoms with Gasteiger partial charge in [0.1, 0.15) is 5.57 Å². The lowest BCUT2D eigenvalue weighted by molar-refractivity contribution is -0.106. The van der Waals surface area contributed by atoms with E-state index in [0.29, 0.717) is 0 Å². The zero-order chi connectivity index (χ0) is 13.5. The van der Waals surface area contributed by atoms with E-state index >= 15 is 0 Å². The molecule has 1 aliphatic rings. The number of hydrogen-bond donors (Lipinski definition) is 0. The molecule has 0 aromatic heterocycles. The summed E-state index contributed by atoms with van der Waals surface area (Å²) in [4.78, 5) is 0. The maximum Gasteiger partial charge on any atom is 0.418 e. The monoisotopic (exact) mass is 262 g/mol. The summed E-state index contributed by atoms with van der Waals surface area (Å²) in [6.07, 6.45) is -11.5. The summed E-state index contributed by atoms with van der Waals surface area (Å²) in [5.74, 6) is -5.24. The average Bonchev–Trinajstić information content (AvgIpc) is 2.12. The number of hydrogen-bond acceptors (Lipinski definition) is 0. The summed E-state index contributed by atoms with van der Waals surface area (Å²) in [7, 11) is 0. The van der Waals surface area contributed by atoms with Crippen LogP contribution in [0.25, 0.3) is 0 Å². The molecule has 0 aromatic rings. The third kappa shape index (κ3) is 2.32. The molecule has 1 rings (SSSR count). The maximum atomic E-state index is 13.3. The molecule has 2 unspecified atom stereocenters. The first-order valence-electron chi connectivity index (χ1n) is 4.74. The van der Waals surface area contributed by atoms with Gasteiger partial charge in [0.2, 0.25) is 0 Å². The van der Waals surface area contributed by atoms with Gasteiger partial charge in [0, 0.05) is 5.57 Å². The van der Waals surface area contributed by atoms with Crippen molar-refractivity contribution in [1.29, 1.82) is 0 Å². The molecule has 7 heteroatoms. The minimum Gasteiger partial charge on any atom is -0.239 e. The van der Waals surface area contributed by atoms with Crippen LogP contribution in [-0.4, -0.2) is 18.5 Å². The molecule has 0 aromatic carbocycles. The molecule has 0 heterocycles. The Kier molecular flexibility index (Phi) is 3.59. The molecule has 0 saturated carbocycles. The van der Waals surface area contributed by atoms with E-state index in [-0.39, 0.29) is 0 Å². The van der Waals surface area contributed by atoms with E-state index in [1.54, 1.807) is 0 Å². The Morgan fingerprint density at radius 2 is 1.41 bits per heavy atom. The van der Waals surface area contributed by atoms with Gasteiger partial charge in [0.05, 0.1) is 0 Å².